The normalized spacial score (nSPS) is 12.7. The Morgan fingerprint density at radius 2 is 1.72 bits per heavy atom. The van der Waals surface area contributed by atoms with Gasteiger partial charge in [0.15, 0.2) is 17.3 Å². The van der Waals surface area contributed by atoms with Crippen molar-refractivity contribution in [2.24, 2.45) is 0 Å². The quantitative estimate of drug-likeness (QED) is 0.846. The smallest absolute Gasteiger partial charge is 0.403 e. The summed E-state index contributed by atoms with van der Waals surface area (Å²) in [5, 5.41) is 8.60. The Balaban J connectivity index is 3.45. The Labute approximate surface area is 94.8 Å². The van der Waals surface area contributed by atoms with Gasteiger partial charge in [0.2, 0.25) is 0 Å². The first-order valence-corrected chi connectivity index (χ1v) is 4.17. The lowest BCUT2D eigenvalue weighted by atomic mass is 10.2. The molecule has 1 aromatic heterocycles. The maximum absolute atomic E-state index is 13.0. The molecule has 0 spiro atoms. The van der Waals surface area contributed by atoms with Crippen LogP contribution < -0.4 is 4.74 Å². The summed E-state index contributed by atoms with van der Waals surface area (Å²) in [5.74, 6) is -3.43. The largest absolute Gasteiger partial charge is 0.573 e. The number of alkyl halides is 6. The van der Waals surface area contributed by atoms with Gasteiger partial charge in [0.05, 0.1) is 18.4 Å². The summed E-state index contributed by atoms with van der Waals surface area (Å²) in [6.07, 6.45) is -10.7. The molecule has 0 atom stereocenters. The van der Waals surface area contributed by atoms with E-state index in [4.69, 9.17) is 5.11 Å². The Kier molecular flexibility index (Phi) is 3.70. The summed E-state index contributed by atoms with van der Waals surface area (Å²) in [6.45, 7) is -1.40. The predicted octanol–water partition coefficient (Wildman–Crippen LogP) is 2.63. The first kappa shape index (κ1) is 14.5. The molecule has 10 heteroatoms. The Hall–Kier alpha value is -1.58. The van der Waals surface area contributed by atoms with Crippen LogP contribution in [0, 0.1) is 5.82 Å². The van der Waals surface area contributed by atoms with Crippen LogP contribution in [0.2, 0.25) is 0 Å². The number of ether oxygens (including phenoxy) is 1. The zero-order valence-corrected chi connectivity index (χ0v) is 8.23. The fraction of sp³-hybridized carbons (Fsp3) is 0.375. The van der Waals surface area contributed by atoms with E-state index in [1.54, 1.807) is 0 Å². The van der Waals surface area contributed by atoms with Crippen molar-refractivity contribution in [2.45, 2.75) is 19.1 Å². The molecule has 102 valence electrons. The fourth-order valence-corrected chi connectivity index (χ4v) is 1.08. The van der Waals surface area contributed by atoms with E-state index >= 15 is 0 Å². The molecular formula is C8H4F7NO2. The summed E-state index contributed by atoms with van der Waals surface area (Å²) in [4.78, 5) is 2.51. The Morgan fingerprint density at radius 3 is 2.11 bits per heavy atom. The van der Waals surface area contributed by atoms with Crippen LogP contribution in [0.15, 0.2) is 6.20 Å². The van der Waals surface area contributed by atoms with Crippen LogP contribution in [0.5, 0.6) is 5.75 Å². The van der Waals surface area contributed by atoms with Crippen molar-refractivity contribution in [1.29, 1.82) is 0 Å². The highest BCUT2D eigenvalue weighted by molar-refractivity contribution is 5.39. The molecule has 0 radical (unpaired) electrons. The molecule has 1 N–H and O–H groups in total. The minimum Gasteiger partial charge on any atom is -0.403 e. The summed E-state index contributed by atoms with van der Waals surface area (Å²) >= 11 is 0. The topological polar surface area (TPSA) is 42.4 Å². The van der Waals surface area contributed by atoms with Gasteiger partial charge in [0.1, 0.15) is 0 Å². The van der Waals surface area contributed by atoms with E-state index in [0.29, 0.717) is 0 Å². The van der Waals surface area contributed by atoms with Gasteiger partial charge in [-0.25, -0.2) is 9.37 Å². The molecular weight excluding hydrogens is 275 g/mol. The van der Waals surface area contributed by atoms with Gasteiger partial charge in [-0.3, -0.25) is 0 Å². The molecule has 1 rings (SSSR count). The summed E-state index contributed by atoms with van der Waals surface area (Å²) in [6, 6.07) is 0. The number of pyridine rings is 1. The Bertz CT molecular complexity index is 440. The fourth-order valence-electron chi connectivity index (χ4n) is 1.08. The second-order valence-corrected chi connectivity index (χ2v) is 2.97. The van der Waals surface area contributed by atoms with E-state index in [-0.39, 0.29) is 6.20 Å². The maximum Gasteiger partial charge on any atom is 0.573 e. The number of rotatable bonds is 2. The molecule has 0 fully saturated rings. The third-order valence-corrected chi connectivity index (χ3v) is 1.73. The number of aromatic nitrogens is 1. The molecule has 0 aliphatic carbocycles. The highest BCUT2D eigenvalue weighted by atomic mass is 19.4. The zero-order chi connectivity index (χ0) is 14.1. The highest BCUT2D eigenvalue weighted by Crippen LogP contribution is 2.39. The molecule has 3 nitrogen and oxygen atoms in total. The summed E-state index contributed by atoms with van der Waals surface area (Å²) in [7, 11) is 0. The highest BCUT2D eigenvalue weighted by Gasteiger charge is 2.42. The number of nitrogens with zero attached hydrogens (tertiary/aromatic N) is 1. The second-order valence-electron chi connectivity index (χ2n) is 2.97. The third kappa shape index (κ3) is 3.22. The van der Waals surface area contributed by atoms with E-state index in [2.05, 4.69) is 9.72 Å². The van der Waals surface area contributed by atoms with Gasteiger partial charge in [0.25, 0.3) is 0 Å². The van der Waals surface area contributed by atoms with Crippen molar-refractivity contribution in [1.82, 2.24) is 4.98 Å². The zero-order valence-electron chi connectivity index (χ0n) is 8.23. The minimum absolute atomic E-state index is 0.0532. The predicted molar refractivity (Wildman–Crippen MR) is 41.8 cm³/mol. The number of aliphatic hydroxyl groups is 1. The summed E-state index contributed by atoms with van der Waals surface area (Å²) in [5.41, 5.74) is -3.33. The van der Waals surface area contributed by atoms with Gasteiger partial charge in [-0.15, -0.1) is 13.2 Å². The third-order valence-electron chi connectivity index (χ3n) is 1.73. The molecule has 0 unspecified atom stereocenters. The van der Waals surface area contributed by atoms with Gasteiger partial charge >= 0.3 is 12.5 Å². The molecule has 0 aromatic carbocycles. The van der Waals surface area contributed by atoms with E-state index in [1.807, 2.05) is 0 Å². The maximum atomic E-state index is 13.0. The molecule has 1 aromatic rings. The second kappa shape index (κ2) is 4.59. The van der Waals surface area contributed by atoms with Crippen molar-refractivity contribution in [2.75, 3.05) is 0 Å². The van der Waals surface area contributed by atoms with Gasteiger partial charge in [0, 0.05) is 0 Å². The van der Waals surface area contributed by atoms with Crippen LogP contribution in [-0.4, -0.2) is 16.5 Å². The van der Waals surface area contributed by atoms with Gasteiger partial charge in [-0.1, -0.05) is 0 Å². The van der Waals surface area contributed by atoms with Crippen molar-refractivity contribution in [3.8, 4) is 5.75 Å². The van der Waals surface area contributed by atoms with Crippen LogP contribution >= 0.6 is 0 Å². The van der Waals surface area contributed by atoms with Gasteiger partial charge in [-0.2, -0.15) is 13.2 Å². The number of hydrogen-bond donors (Lipinski definition) is 1. The van der Waals surface area contributed by atoms with Gasteiger partial charge < -0.3 is 9.84 Å². The van der Waals surface area contributed by atoms with Gasteiger partial charge in [-0.05, 0) is 0 Å². The molecule has 0 aliphatic rings. The first-order valence-electron chi connectivity index (χ1n) is 4.17. The average molecular weight is 279 g/mol. The standard InChI is InChI=1S/C8H4F7NO2/c9-4-1-16-6(7(10,11)12)5(3(4)2-17)18-8(13,14)15/h1,17H,2H2. The molecule has 18 heavy (non-hydrogen) atoms. The minimum atomic E-state index is -5.47. The van der Waals surface area contributed by atoms with Crippen LogP contribution in [-0.2, 0) is 12.8 Å². The van der Waals surface area contributed by atoms with Crippen molar-refractivity contribution < 1.29 is 40.6 Å². The SMILES string of the molecule is OCc1c(F)cnc(C(F)(F)F)c1OC(F)(F)F. The van der Waals surface area contributed by atoms with E-state index in [1.165, 1.54) is 0 Å². The van der Waals surface area contributed by atoms with Crippen LogP contribution in [0.25, 0.3) is 0 Å². The van der Waals surface area contributed by atoms with E-state index in [0.717, 1.165) is 0 Å². The average Bonchev–Trinajstić information content (AvgIpc) is 2.13. The molecule has 0 bridgehead atoms. The number of aliphatic hydroxyl groups excluding tert-OH is 1. The van der Waals surface area contributed by atoms with Crippen LogP contribution in [0.1, 0.15) is 11.3 Å². The molecule has 0 saturated carbocycles. The lowest BCUT2D eigenvalue weighted by Crippen LogP contribution is -2.23. The van der Waals surface area contributed by atoms with E-state index in [9.17, 15) is 30.7 Å². The number of halogens is 7. The number of hydrogen-bond acceptors (Lipinski definition) is 3. The monoisotopic (exact) mass is 279 g/mol. The molecule has 1 heterocycles. The van der Waals surface area contributed by atoms with Crippen molar-refractivity contribution in [3.63, 3.8) is 0 Å². The van der Waals surface area contributed by atoms with E-state index < -0.39 is 42.0 Å². The van der Waals surface area contributed by atoms with Crippen LogP contribution in [0.3, 0.4) is 0 Å². The molecule has 0 amide bonds. The van der Waals surface area contributed by atoms with Crippen molar-refractivity contribution in [3.05, 3.63) is 23.3 Å². The summed E-state index contributed by atoms with van der Waals surface area (Å²) < 4.78 is 88.9. The van der Waals surface area contributed by atoms with Crippen LogP contribution in [0.4, 0.5) is 30.7 Å². The Morgan fingerprint density at radius 1 is 1.17 bits per heavy atom. The lowest BCUT2D eigenvalue weighted by molar-refractivity contribution is -0.277. The molecule has 0 saturated heterocycles. The van der Waals surface area contributed by atoms with Crippen molar-refractivity contribution >= 4 is 0 Å². The molecule has 0 aliphatic heterocycles. The first-order chi connectivity index (χ1) is 8.06. The lowest BCUT2D eigenvalue weighted by Gasteiger charge is -2.17.